The van der Waals surface area contributed by atoms with E-state index < -0.39 is 18.0 Å². The second-order valence-electron chi connectivity index (χ2n) is 9.83. The van der Waals surface area contributed by atoms with Crippen LogP contribution < -0.4 is 5.32 Å². The van der Waals surface area contributed by atoms with Gasteiger partial charge in [-0.1, -0.05) is 103 Å². The number of hydrogen-bond donors (Lipinski definition) is 2. The predicted molar refractivity (Wildman–Crippen MR) is 154 cm³/mol. The van der Waals surface area contributed by atoms with Gasteiger partial charge in [0.25, 0.3) is 5.91 Å². The number of aliphatic hydroxyl groups excluding tert-OH is 1. The molecule has 0 saturated carbocycles. The quantitative estimate of drug-likeness (QED) is 0.292. The molecule has 39 heavy (non-hydrogen) atoms. The SMILES string of the molecule is O=C(NCCc1ccccc1)[C@H]1c2ccccc2C(=O)N([C@H](CO)Cc2ccccc2)[C@@H]1c1ccc(Cl)cc1. The van der Waals surface area contributed by atoms with Crippen LogP contribution in [0.25, 0.3) is 0 Å². The molecule has 0 saturated heterocycles. The topological polar surface area (TPSA) is 69.6 Å². The average molecular weight is 539 g/mol. The monoisotopic (exact) mass is 538 g/mol. The molecule has 5 rings (SSSR count). The third-order valence-electron chi connectivity index (χ3n) is 7.34. The van der Waals surface area contributed by atoms with Gasteiger partial charge in [0, 0.05) is 17.1 Å². The van der Waals surface area contributed by atoms with Crippen molar-refractivity contribution in [2.75, 3.05) is 13.2 Å². The number of fused-ring (bicyclic) bond motifs is 1. The van der Waals surface area contributed by atoms with E-state index in [-0.39, 0.29) is 18.4 Å². The number of carbonyl (C=O) groups excluding carboxylic acids is 2. The van der Waals surface area contributed by atoms with Crippen LogP contribution >= 0.6 is 11.6 Å². The van der Waals surface area contributed by atoms with Crippen molar-refractivity contribution < 1.29 is 14.7 Å². The molecule has 1 heterocycles. The number of carbonyl (C=O) groups is 2. The van der Waals surface area contributed by atoms with Crippen molar-refractivity contribution in [3.8, 4) is 0 Å². The van der Waals surface area contributed by atoms with E-state index in [1.54, 1.807) is 23.1 Å². The molecule has 4 aromatic carbocycles. The van der Waals surface area contributed by atoms with E-state index in [4.69, 9.17) is 11.6 Å². The molecule has 1 aliphatic heterocycles. The molecule has 0 fully saturated rings. The number of rotatable bonds is 9. The zero-order valence-corrected chi connectivity index (χ0v) is 22.3. The summed E-state index contributed by atoms with van der Waals surface area (Å²) in [6.07, 6.45) is 1.15. The zero-order valence-electron chi connectivity index (χ0n) is 21.5. The average Bonchev–Trinajstić information content (AvgIpc) is 2.97. The van der Waals surface area contributed by atoms with E-state index >= 15 is 0 Å². The number of benzene rings is 4. The molecule has 0 spiro atoms. The molecule has 1 aliphatic rings. The first-order valence-electron chi connectivity index (χ1n) is 13.2. The summed E-state index contributed by atoms with van der Waals surface area (Å²) in [5.74, 6) is -1.03. The number of amides is 2. The van der Waals surface area contributed by atoms with Crippen molar-refractivity contribution in [1.29, 1.82) is 0 Å². The maximum Gasteiger partial charge on any atom is 0.255 e. The molecule has 198 valence electrons. The minimum Gasteiger partial charge on any atom is -0.394 e. The maximum atomic E-state index is 14.1. The minimum atomic E-state index is -0.666. The van der Waals surface area contributed by atoms with E-state index in [1.807, 2.05) is 91.0 Å². The van der Waals surface area contributed by atoms with Crippen LogP contribution in [0.4, 0.5) is 0 Å². The molecule has 0 aliphatic carbocycles. The maximum absolute atomic E-state index is 14.1. The van der Waals surface area contributed by atoms with Gasteiger partial charge in [0.2, 0.25) is 5.91 Å². The van der Waals surface area contributed by atoms with Gasteiger partial charge in [-0.25, -0.2) is 0 Å². The standard InChI is InChI=1S/C33H31ClN2O3/c34-26-17-15-25(16-18-26)31-30(32(38)35-20-19-23-9-3-1-4-10-23)28-13-7-8-14-29(28)33(39)36(31)27(22-37)21-24-11-5-2-6-12-24/h1-18,27,30-31,37H,19-22H2,(H,35,38)/t27-,30-,31+/m0/s1. The molecule has 0 aromatic heterocycles. The third kappa shape index (κ3) is 5.90. The minimum absolute atomic E-state index is 0.160. The molecular formula is C33H31ClN2O3. The van der Waals surface area contributed by atoms with Gasteiger partial charge in [0.05, 0.1) is 24.6 Å². The van der Waals surface area contributed by atoms with Crippen LogP contribution in [0.5, 0.6) is 0 Å². The fourth-order valence-corrected chi connectivity index (χ4v) is 5.60. The van der Waals surface area contributed by atoms with Gasteiger partial charge in [-0.05, 0) is 53.3 Å². The third-order valence-corrected chi connectivity index (χ3v) is 7.60. The van der Waals surface area contributed by atoms with Crippen LogP contribution in [0.3, 0.4) is 0 Å². The Labute approximate surface area is 234 Å². The Morgan fingerprint density at radius 3 is 2.13 bits per heavy atom. The lowest BCUT2D eigenvalue weighted by Gasteiger charge is -2.45. The van der Waals surface area contributed by atoms with E-state index in [1.165, 1.54) is 0 Å². The predicted octanol–water partition coefficient (Wildman–Crippen LogP) is 5.58. The highest BCUT2D eigenvalue weighted by Gasteiger charge is 2.46. The van der Waals surface area contributed by atoms with Gasteiger partial charge in [0.1, 0.15) is 0 Å². The molecule has 0 bridgehead atoms. The normalized spacial score (nSPS) is 17.4. The number of nitrogens with one attached hydrogen (secondary N) is 1. The van der Waals surface area contributed by atoms with Gasteiger partial charge in [0.15, 0.2) is 0 Å². The Morgan fingerprint density at radius 1 is 0.846 bits per heavy atom. The van der Waals surface area contributed by atoms with Crippen LogP contribution in [-0.4, -0.2) is 41.0 Å². The molecule has 0 unspecified atom stereocenters. The van der Waals surface area contributed by atoms with E-state index in [9.17, 15) is 14.7 Å². The second kappa shape index (κ2) is 12.3. The second-order valence-corrected chi connectivity index (χ2v) is 10.3. The summed E-state index contributed by atoms with van der Waals surface area (Å²) < 4.78 is 0. The Balaban J connectivity index is 1.55. The number of hydrogen-bond acceptors (Lipinski definition) is 3. The number of nitrogens with zero attached hydrogens (tertiary/aromatic N) is 1. The summed E-state index contributed by atoms with van der Waals surface area (Å²) in [6, 6.07) is 33.2. The summed E-state index contributed by atoms with van der Waals surface area (Å²) in [4.78, 5) is 29.8. The first-order chi connectivity index (χ1) is 19.1. The molecule has 5 nitrogen and oxygen atoms in total. The molecule has 6 heteroatoms. The van der Waals surface area contributed by atoms with Crippen LogP contribution in [0.2, 0.25) is 5.02 Å². The summed E-state index contributed by atoms with van der Waals surface area (Å²) in [5, 5.41) is 14.3. The fourth-order valence-electron chi connectivity index (χ4n) is 5.47. The van der Waals surface area contributed by atoms with E-state index in [2.05, 4.69) is 5.32 Å². The van der Waals surface area contributed by atoms with Gasteiger partial charge >= 0.3 is 0 Å². The van der Waals surface area contributed by atoms with Crippen LogP contribution in [0.1, 0.15) is 44.6 Å². The van der Waals surface area contributed by atoms with Gasteiger partial charge in [-0.2, -0.15) is 0 Å². The number of aliphatic hydroxyl groups is 1. The Hall–Kier alpha value is -3.93. The summed E-state index contributed by atoms with van der Waals surface area (Å²) >= 11 is 6.22. The van der Waals surface area contributed by atoms with Crippen LogP contribution in [0.15, 0.2) is 109 Å². The molecule has 2 amide bonds. The lowest BCUT2D eigenvalue weighted by atomic mass is 9.78. The van der Waals surface area contributed by atoms with Gasteiger partial charge in [-0.15, -0.1) is 0 Å². The Kier molecular flexibility index (Phi) is 8.40. The van der Waals surface area contributed by atoms with E-state index in [0.717, 1.165) is 16.7 Å². The van der Waals surface area contributed by atoms with Crippen molar-refractivity contribution in [3.63, 3.8) is 0 Å². The Morgan fingerprint density at radius 2 is 1.46 bits per heavy atom. The smallest absolute Gasteiger partial charge is 0.255 e. The largest absolute Gasteiger partial charge is 0.394 e. The summed E-state index contributed by atoms with van der Waals surface area (Å²) in [6.45, 7) is 0.228. The highest BCUT2D eigenvalue weighted by molar-refractivity contribution is 6.30. The summed E-state index contributed by atoms with van der Waals surface area (Å²) in [5.41, 5.74) is 4.10. The fraction of sp³-hybridized carbons (Fsp3) is 0.212. The first kappa shape index (κ1) is 26.7. The number of halogens is 1. The highest BCUT2D eigenvalue weighted by Crippen LogP contribution is 2.44. The molecule has 3 atom stereocenters. The molecule has 4 aromatic rings. The van der Waals surface area contributed by atoms with Gasteiger partial charge in [-0.3, -0.25) is 9.59 Å². The van der Waals surface area contributed by atoms with Crippen molar-refractivity contribution in [1.82, 2.24) is 10.2 Å². The zero-order chi connectivity index (χ0) is 27.2. The molecule has 2 N–H and O–H groups in total. The van der Waals surface area contributed by atoms with Crippen LogP contribution in [-0.2, 0) is 17.6 Å². The Bertz CT molecular complexity index is 1410. The summed E-state index contributed by atoms with van der Waals surface area (Å²) in [7, 11) is 0. The van der Waals surface area contributed by atoms with Crippen molar-refractivity contribution in [2.45, 2.75) is 30.8 Å². The van der Waals surface area contributed by atoms with Crippen molar-refractivity contribution >= 4 is 23.4 Å². The van der Waals surface area contributed by atoms with Crippen molar-refractivity contribution in [2.24, 2.45) is 0 Å². The van der Waals surface area contributed by atoms with E-state index in [0.29, 0.717) is 35.5 Å². The van der Waals surface area contributed by atoms with Crippen LogP contribution in [0, 0.1) is 0 Å². The lowest BCUT2D eigenvalue weighted by Crippen LogP contribution is -2.53. The lowest BCUT2D eigenvalue weighted by molar-refractivity contribution is -0.124. The first-order valence-corrected chi connectivity index (χ1v) is 13.6. The van der Waals surface area contributed by atoms with Crippen molar-refractivity contribution in [3.05, 3.63) is 142 Å². The molecular weight excluding hydrogens is 508 g/mol. The highest BCUT2D eigenvalue weighted by atomic mass is 35.5. The van der Waals surface area contributed by atoms with Gasteiger partial charge < -0.3 is 15.3 Å². The molecule has 0 radical (unpaired) electrons.